The van der Waals surface area contributed by atoms with E-state index in [1.54, 1.807) is 18.2 Å². The number of nitrogen functional groups attached to an aromatic ring is 1. The number of hydrogen-bond donors (Lipinski definition) is 2. The van der Waals surface area contributed by atoms with Crippen LogP contribution in [0.4, 0.5) is 30.4 Å². The summed E-state index contributed by atoms with van der Waals surface area (Å²) in [4.78, 5) is 41.1. The first kappa shape index (κ1) is 27.4. The Morgan fingerprint density at radius 2 is 1.90 bits per heavy atom. The summed E-state index contributed by atoms with van der Waals surface area (Å²) in [6, 6.07) is 8.75. The Bertz CT molecular complexity index is 1440. The Kier molecular flexibility index (Phi) is 7.66. The smallest absolute Gasteiger partial charge is 0.256 e. The quantitative estimate of drug-likeness (QED) is 0.448. The molecule has 40 heavy (non-hydrogen) atoms. The molecule has 0 aliphatic carbocycles. The van der Waals surface area contributed by atoms with E-state index >= 15 is 0 Å². The summed E-state index contributed by atoms with van der Waals surface area (Å²) < 4.78 is 52.3. The first-order chi connectivity index (χ1) is 19.1. The molecule has 212 valence electrons. The number of morpholine rings is 1. The summed E-state index contributed by atoms with van der Waals surface area (Å²) in [6.45, 7) is 0.0559. The molecule has 10 nitrogen and oxygen atoms in total. The lowest BCUT2D eigenvalue weighted by Crippen LogP contribution is -2.48. The molecule has 0 radical (unpaired) electrons. The monoisotopic (exact) mass is 559 g/mol. The number of likely N-dealkylation sites (tertiary alicyclic amines) is 1. The van der Waals surface area contributed by atoms with Crippen LogP contribution in [0.2, 0.25) is 0 Å². The van der Waals surface area contributed by atoms with Crippen LogP contribution in [0.1, 0.15) is 42.5 Å². The Hall–Kier alpha value is -4.13. The van der Waals surface area contributed by atoms with Gasteiger partial charge in [0.25, 0.3) is 17.7 Å². The molecule has 3 amide bonds. The van der Waals surface area contributed by atoms with Crippen molar-refractivity contribution in [1.82, 2.24) is 10.1 Å². The molecule has 2 fully saturated rings. The number of nitrogens with one attached hydrogen (secondary N) is 1. The predicted molar refractivity (Wildman–Crippen MR) is 139 cm³/mol. The van der Waals surface area contributed by atoms with Crippen LogP contribution in [0.3, 0.4) is 0 Å². The highest BCUT2D eigenvalue weighted by atomic mass is 19.3. The third-order valence-electron chi connectivity index (χ3n) is 7.10. The minimum Gasteiger partial charge on any atom is -0.380 e. The van der Waals surface area contributed by atoms with E-state index in [1.807, 2.05) is 0 Å². The predicted octanol–water partition coefficient (Wildman–Crippen LogP) is 3.96. The van der Waals surface area contributed by atoms with Crippen LogP contribution < -0.4 is 16.0 Å². The van der Waals surface area contributed by atoms with Gasteiger partial charge in [-0.2, -0.15) is 0 Å². The fourth-order valence-electron chi connectivity index (χ4n) is 4.86. The zero-order valence-electron chi connectivity index (χ0n) is 21.5. The number of amides is 3. The summed E-state index contributed by atoms with van der Waals surface area (Å²) in [5.41, 5.74) is 6.69. The molecule has 1 atom stereocenters. The van der Waals surface area contributed by atoms with Crippen molar-refractivity contribution in [3.8, 4) is 0 Å². The summed E-state index contributed by atoms with van der Waals surface area (Å²) >= 11 is 0. The van der Waals surface area contributed by atoms with Crippen molar-refractivity contribution in [3.05, 3.63) is 47.8 Å². The van der Waals surface area contributed by atoms with Crippen LogP contribution >= 0.6 is 0 Å². The number of carbonyl (C=O) groups excluding carboxylic acids is 3. The summed E-state index contributed by atoms with van der Waals surface area (Å²) in [7, 11) is 0. The van der Waals surface area contributed by atoms with Gasteiger partial charge in [0.1, 0.15) is 11.9 Å². The van der Waals surface area contributed by atoms with E-state index in [0.717, 1.165) is 6.07 Å². The number of benzene rings is 2. The van der Waals surface area contributed by atoms with Gasteiger partial charge >= 0.3 is 0 Å². The molecule has 2 aromatic carbocycles. The van der Waals surface area contributed by atoms with E-state index < -0.39 is 36.6 Å². The van der Waals surface area contributed by atoms with Crippen molar-refractivity contribution < 1.29 is 36.8 Å². The van der Waals surface area contributed by atoms with Gasteiger partial charge in [0.05, 0.1) is 17.6 Å². The van der Waals surface area contributed by atoms with Gasteiger partial charge in [0.2, 0.25) is 5.91 Å². The third-order valence-corrected chi connectivity index (χ3v) is 7.10. The number of aromatic nitrogens is 1. The molecule has 0 saturated carbocycles. The molecule has 3 N–H and O–H groups in total. The number of nitrogens with zero attached hydrogens (tertiary/aromatic N) is 3. The average molecular weight is 560 g/mol. The van der Waals surface area contributed by atoms with Crippen LogP contribution in [-0.2, 0) is 14.3 Å². The van der Waals surface area contributed by atoms with Gasteiger partial charge in [-0.05, 0) is 43.2 Å². The lowest BCUT2D eigenvalue weighted by molar-refractivity contribution is -0.134. The average Bonchev–Trinajstić information content (AvgIpc) is 3.29. The van der Waals surface area contributed by atoms with Gasteiger partial charge in [0.15, 0.2) is 11.4 Å². The van der Waals surface area contributed by atoms with Crippen LogP contribution in [0.15, 0.2) is 40.9 Å². The highest BCUT2D eigenvalue weighted by Gasteiger charge is 2.37. The fourth-order valence-corrected chi connectivity index (χ4v) is 4.86. The molecule has 3 heterocycles. The van der Waals surface area contributed by atoms with Crippen LogP contribution in [0.5, 0.6) is 0 Å². The summed E-state index contributed by atoms with van der Waals surface area (Å²) in [5, 5.41) is 7.08. The Balaban J connectivity index is 1.17. The van der Waals surface area contributed by atoms with Gasteiger partial charge < -0.3 is 30.1 Å². The van der Waals surface area contributed by atoms with E-state index in [-0.39, 0.29) is 62.3 Å². The Morgan fingerprint density at radius 3 is 2.67 bits per heavy atom. The second kappa shape index (κ2) is 11.2. The molecule has 2 aliphatic rings. The largest absolute Gasteiger partial charge is 0.380 e. The molecular weight excluding hydrogens is 531 g/mol. The van der Waals surface area contributed by atoms with Crippen molar-refractivity contribution in [2.45, 2.75) is 44.1 Å². The van der Waals surface area contributed by atoms with Gasteiger partial charge in [-0.25, -0.2) is 13.2 Å². The minimum atomic E-state index is -2.84. The number of nitrogens with two attached hydrogens (primary N) is 1. The van der Waals surface area contributed by atoms with Crippen molar-refractivity contribution in [1.29, 1.82) is 0 Å². The van der Waals surface area contributed by atoms with Crippen LogP contribution in [0, 0.1) is 5.82 Å². The minimum absolute atomic E-state index is 0.133. The topological polar surface area (TPSA) is 131 Å². The molecule has 0 unspecified atom stereocenters. The zero-order valence-corrected chi connectivity index (χ0v) is 21.5. The second-order valence-electron chi connectivity index (χ2n) is 9.88. The molecule has 1 aromatic heterocycles. The number of piperidine rings is 1. The first-order valence-electron chi connectivity index (χ1n) is 13.0. The molecule has 13 heteroatoms. The molecule has 5 rings (SSSR count). The van der Waals surface area contributed by atoms with Crippen molar-refractivity contribution in [2.24, 2.45) is 0 Å². The number of fused-ring (bicyclic) bond motifs is 1. The van der Waals surface area contributed by atoms with Gasteiger partial charge in [-0.3, -0.25) is 14.4 Å². The SMILES string of the molecule is Nc1noc2cc(NC(=O)CCC[C@H]3OCCN(c4ccc(F)c(C(=O)N5CCC(F)(F)CC5)c4)C3=O)ccc12. The molecule has 0 bridgehead atoms. The summed E-state index contributed by atoms with van der Waals surface area (Å²) in [5.74, 6) is -4.69. The number of carbonyl (C=O) groups is 3. The Morgan fingerprint density at radius 1 is 1.12 bits per heavy atom. The first-order valence-corrected chi connectivity index (χ1v) is 13.0. The van der Waals surface area contributed by atoms with E-state index in [4.69, 9.17) is 15.0 Å². The molecule has 2 saturated heterocycles. The standard InChI is InChI=1S/C27H28F3N5O5/c28-20-7-5-17(15-19(20)25(37)34-10-8-27(29,30)9-11-34)35-12-13-39-21(26(35)38)2-1-3-23(36)32-16-4-6-18-22(14-16)40-33-24(18)31/h4-7,14-15,21H,1-3,8-13H2,(H2,31,33)(H,32,36)/t21-/m1/s1. The lowest BCUT2D eigenvalue weighted by atomic mass is 10.0. The van der Waals surface area contributed by atoms with Crippen LogP contribution in [0.25, 0.3) is 11.0 Å². The highest BCUT2D eigenvalue weighted by molar-refractivity contribution is 6.00. The van der Waals surface area contributed by atoms with E-state index in [1.165, 1.54) is 21.9 Å². The second-order valence-corrected chi connectivity index (χ2v) is 9.88. The normalized spacial score (nSPS) is 19.2. The number of ether oxygens (including phenoxy) is 1. The number of anilines is 3. The fraction of sp³-hybridized carbons (Fsp3) is 0.407. The number of alkyl halides is 2. The van der Waals surface area contributed by atoms with Gasteiger partial charge in [-0.1, -0.05) is 5.16 Å². The molecular formula is C27H28F3N5O5. The molecule has 3 aromatic rings. The maximum absolute atomic E-state index is 14.6. The molecule has 0 spiro atoms. The van der Waals surface area contributed by atoms with Gasteiger partial charge in [-0.15, -0.1) is 0 Å². The van der Waals surface area contributed by atoms with Gasteiger partial charge in [0, 0.05) is 56.3 Å². The summed E-state index contributed by atoms with van der Waals surface area (Å²) in [6.07, 6.45) is -1.01. The highest BCUT2D eigenvalue weighted by Crippen LogP contribution is 2.30. The van der Waals surface area contributed by atoms with Crippen molar-refractivity contribution in [2.75, 3.05) is 42.2 Å². The third kappa shape index (κ3) is 5.88. The van der Waals surface area contributed by atoms with Crippen LogP contribution in [-0.4, -0.2) is 66.0 Å². The van der Waals surface area contributed by atoms with E-state index in [9.17, 15) is 27.6 Å². The van der Waals surface area contributed by atoms with E-state index in [2.05, 4.69) is 10.5 Å². The van der Waals surface area contributed by atoms with Crippen molar-refractivity contribution >= 4 is 45.9 Å². The zero-order chi connectivity index (χ0) is 28.4. The number of halogens is 3. The number of rotatable bonds is 7. The lowest BCUT2D eigenvalue weighted by Gasteiger charge is -2.33. The number of hydrogen-bond acceptors (Lipinski definition) is 7. The van der Waals surface area contributed by atoms with Crippen molar-refractivity contribution in [3.63, 3.8) is 0 Å². The molecule has 2 aliphatic heterocycles. The Labute approximate surface area is 227 Å². The maximum atomic E-state index is 14.6. The van der Waals surface area contributed by atoms with E-state index in [0.29, 0.717) is 28.8 Å². The maximum Gasteiger partial charge on any atom is 0.256 e.